The van der Waals surface area contributed by atoms with Crippen molar-refractivity contribution in [1.82, 2.24) is 9.80 Å². The fourth-order valence-corrected chi connectivity index (χ4v) is 4.53. The topological polar surface area (TPSA) is 76.2 Å². The molecule has 0 saturated carbocycles. The van der Waals surface area contributed by atoms with Crippen molar-refractivity contribution in [3.05, 3.63) is 29.8 Å². The van der Waals surface area contributed by atoms with E-state index in [9.17, 15) is 14.4 Å². The summed E-state index contributed by atoms with van der Waals surface area (Å²) in [5.41, 5.74) is -0.0651. The highest BCUT2D eigenvalue weighted by atomic mass is 16.5. The number of carbonyl (C=O) groups excluding carboxylic acids is 3. The van der Waals surface area contributed by atoms with Gasteiger partial charge in [-0.25, -0.2) is 0 Å². The standard InChI is InChI=1S/C20H24N2O5/c1-26-15-5-3-14(4-6-15)16(23)7-8-18(24)21-11-9-20-17(21)13-19(25)22(20)10-2-12-27-20/h3-6,17H,2,7-13H2,1H3/t17-,20+/m1/s1. The van der Waals surface area contributed by atoms with Crippen LogP contribution in [-0.2, 0) is 14.3 Å². The first kappa shape index (κ1) is 18.0. The van der Waals surface area contributed by atoms with Gasteiger partial charge in [-0.3, -0.25) is 14.4 Å². The molecule has 3 saturated heterocycles. The molecule has 3 aliphatic heterocycles. The second-order valence-corrected chi connectivity index (χ2v) is 7.30. The first-order chi connectivity index (χ1) is 13.0. The molecule has 7 heteroatoms. The number of hydrogen-bond acceptors (Lipinski definition) is 5. The molecule has 0 aromatic heterocycles. The summed E-state index contributed by atoms with van der Waals surface area (Å²) in [6.07, 6.45) is 2.11. The number of ether oxygens (including phenoxy) is 2. The third-order valence-electron chi connectivity index (χ3n) is 5.91. The molecular formula is C20H24N2O5. The van der Waals surface area contributed by atoms with Gasteiger partial charge in [0.15, 0.2) is 11.5 Å². The smallest absolute Gasteiger partial charge is 0.227 e. The minimum atomic E-state index is -0.634. The Morgan fingerprint density at radius 1 is 1.22 bits per heavy atom. The molecule has 0 aliphatic carbocycles. The van der Waals surface area contributed by atoms with E-state index in [0.29, 0.717) is 43.9 Å². The van der Waals surface area contributed by atoms with Crippen LogP contribution < -0.4 is 4.74 Å². The van der Waals surface area contributed by atoms with Gasteiger partial charge in [-0.05, 0) is 30.7 Å². The summed E-state index contributed by atoms with van der Waals surface area (Å²) in [6.45, 7) is 1.90. The summed E-state index contributed by atoms with van der Waals surface area (Å²) in [7, 11) is 1.57. The summed E-state index contributed by atoms with van der Waals surface area (Å²) < 4.78 is 11.1. The summed E-state index contributed by atoms with van der Waals surface area (Å²) in [5, 5.41) is 0. The largest absolute Gasteiger partial charge is 0.497 e. The van der Waals surface area contributed by atoms with Crippen LogP contribution in [0.1, 0.15) is 42.5 Å². The van der Waals surface area contributed by atoms with Crippen LogP contribution in [0.3, 0.4) is 0 Å². The fraction of sp³-hybridized carbons (Fsp3) is 0.550. The van der Waals surface area contributed by atoms with Crippen molar-refractivity contribution in [3.63, 3.8) is 0 Å². The second kappa shape index (κ2) is 6.96. The van der Waals surface area contributed by atoms with Crippen LogP contribution in [0.2, 0.25) is 0 Å². The molecule has 4 rings (SSSR count). The summed E-state index contributed by atoms with van der Waals surface area (Å²) in [6, 6.07) is 6.66. The molecule has 7 nitrogen and oxygen atoms in total. The van der Waals surface area contributed by atoms with Gasteiger partial charge in [0, 0.05) is 37.9 Å². The van der Waals surface area contributed by atoms with E-state index in [4.69, 9.17) is 9.47 Å². The minimum absolute atomic E-state index is 0.0616. The van der Waals surface area contributed by atoms with Crippen LogP contribution in [0, 0.1) is 0 Å². The van der Waals surface area contributed by atoms with Crippen LogP contribution in [0.4, 0.5) is 0 Å². The zero-order valence-electron chi connectivity index (χ0n) is 15.5. The van der Waals surface area contributed by atoms with E-state index < -0.39 is 5.72 Å². The molecule has 1 aromatic rings. The van der Waals surface area contributed by atoms with Crippen molar-refractivity contribution >= 4 is 17.6 Å². The number of methoxy groups -OCH3 is 1. The molecule has 27 heavy (non-hydrogen) atoms. The van der Waals surface area contributed by atoms with Crippen molar-refractivity contribution in [2.24, 2.45) is 0 Å². The number of amides is 2. The first-order valence-electron chi connectivity index (χ1n) is 9.46. The number of ketones is 1. The van der Waals surface area contributed by atoms with Crippen molar-refractivity contribution in [1.29, 1.82) is 0 Å². The Morgan fingerprint density at radius 2 is 2.00 bits per heavy atom. The molecule has 1 spiro atoms. The lowest BCUT2D eigenvalue weighted by Crippen LogP contribution is -2.56. The van der Waals surface area contributed by atoms with E-state index in [1.54, 1.807) is 36.3 Å². The average molecular weight is 372 g/mol. The lowest BCUT2D eigenvalue weighted by atomic mass is 10.0. The van der Waals surface area contributed by atoms with Gasteiger partial charge in [-0.1, -0.05) is 0 Å². The molecule has 0 N–H and O–H groups in total. The predicted octanol–water partition coefficient (Wildman–Crippen LogP) is 1.61. The second-order valence-electron chi connectivity index (χ2n) is 7.30. The Balaban J connectivity index is 1.39. The van der Waals surface area contributed by atoms with E-state index in [2.05, 4.69) is 0 Å². The van der Waals surface area contributed by atoms with Crippen molar-refractivity contribution in [2.45, 2.75) is 43.9 Å². The van der Waals surface area contributed by atoms with Gasteiger partial charge in [0.1, 0.15) is 5.75 Å². The molecule has 2 atom stereocenters. The lowest BCUT2D eigenvalue weighted by Gasteiger charge is -2.42. The minimum Gasteiger partial charge on any atom is -0.497 e. The lowest BCUT2D eigenvalue weighted by molar-refractivity contribution is -0.181. The quantitative estimate of drug-likeness (QED) is 0.734. The number of rotatable bonds is 5. The maximum atomic E-state index is 12.8. The van der Waals surface area contributed by atoms with Gasteiger partial charge in [0.25, 0.3) is 0 Å². The molecule has 3 heterocycles. The zero-order chi connectivity index (χ0) is 19.0. The van der Waals surface area contributed by atoms with Crippen LogP contribution in [0.25, 0.3) is 0 Å². The van der Waals surface area contributed by atoms with E-state index in [1.165, 1.54) is 0 Å². The van der Waals surface area contributed by atoms with Gasteiger partial charge in [-0.15, -0.1) is 0 Å². The number of hydrogen-bond donors (Lipinski definition) is 0. The number of likely N-dealkylation sites (tertiary alicyclic amines) is 1. The van der Waals surface area contributed by atoms with Gasteiger partial charge >= 0.3 is 0 Å². The Kier molecular flexibility index (Phi) is 4.63. The van der Waals surface area contributed by atoms with Gasteiger partial charge in [0.2, 0.25) is 11.8 Å². The van der Waals surface area contributed by atoms with E-state index >= 15 is 0 Å². The third-order valence-corrected chi connectivity index (χ3v) is 5.91. The molecule has 1 aromatic carbocycles. The normalized spacial score (nSPS) is 26.7. The molecule has 0 unspecified atom stereocenters. The average Bonchev–Trinajstić information content (AvgIpc) is 3.18. The summed E-state index contributed by atoms with van der Waals surface area (Å²) in [5.74, 6) is 0.597. The zero-order valence-corrected chi connectivity index (χ0v) is 15.5. The highest BCUT2D eigenvalue weighted by Crippen LogP contribution is 2.45. The van der Waals surface area contributed by atoms with Gasteiger partial charge in [-0.2, -0.15) is 0 Å². The molecule has 3 aliphatic rings. The van der Waals surface area contributed by atoms with Crippen molar-refractivity contribution in [3.8, 4) is 5.75 Å². The molecule has 0 radical (unpaired) electrons. The maximum absolute atomic E-state index is 12.8. The SMILES string of the molecule is COc1ccc(C(=O)CCC(=O)N2CC[C@@]34OCCCN3C(=O)C[C@@H]24)cc1. The molecule has 3 fully saturated rings. The van der Waals surface area contributed by atoms with Crippen LogP contribution in [0.15, 0.2) is 24.3 Å². The number of benzene rings is 1. The van der Waals surface area contributed by atoms with E-state index in [1.807, 2.05) is 4.90 Å². The molecule has 0 bridgehead atoms. The van der Waals surface area contributed by atoms with E-state index in [-0.39, 0.29) is 36.5 Å². The number of Topliss-reactive ketones (excluding diaryl/α,β-unsaturated/α-hetero) is 1. The van der Waals surface area contributed by atoms with Crippen LogP contribution in [0.5, 0.6) is 5.75 Å². The summed E-state index contributed by atoms with van der Waals surface area (Å²) >= 11 is 0. The molecule has 144 valence electrons. The summed E-state index contributed by atoms with van der Waals surface area (Å²) in [4.78, 5) is 41.0. The molecule has 2 amide bonds. The highest BCUT2D eigenvalue weighted by Gasteiger charge is 2.61. The third kappa shape index (κ3) is 3.00. The first-order valence-corrected chi connectivity index (χ1v) is 9.46. The van der Waals surface area contributed by atoms with Gasteiger partial charge in [0.05, 0.1) is 26.2 Å². The Labute approximate surface area is 158 Å². The highest BCUT2D eigenvalue weighted by molar-refractivity contribution is 5.98. The molecular weight excluding hydrogens is 348 g/mol. The van der Waals surface area contributed by atoms with Crippen molar-refractivity contribution < 1.29 is 23.9 Å². The Hall–Kier alpha value is -2.41. The van der Waals surface area contributed by atoms with Gasteiger partial charge < -0.3 is 19.3 Å². The number of nitrogens with zero attached hydrogens (tertiary/aromatic N) is 2. The monoisotopic (exact) mass is 372 g/mol. The fourth-order valence-electron chi connectivity index (χ4n) is 4.53. The Morgan fingerprint density at radius 3 is 2.74 bits per heavy atom. The Bertz CT molecular complexity index is 762. The van der Waals surface area contributed by atoms with Crippen LogP contribution >= 0.6 is 0 Å². The maximum Gasteiger partial charge on any atom is 0.227 e. The predicted molar refractivity (Wildman–Crippen MR) is 96.3 cm³/mol. The van der Waals surface area contributed by atoms with Crippen molar-refractivity contribution in [2.75, 3.05) is 26.8 Å². The van der Waals surface area contributed by atoms with Crippen LogP contribution in [-0.4, -0.2) is 66.0 Å². The number of carbonyl (C=O) groups is 3. The van der Waals surface area contributed by atoms with E-state index in [0.717, 1.165) is 6.42 Å².